The maximum absolute atomic E-state index is 12.4. The molecule has 0 spiro atoms. The summed E-state index contributed by atoms with van der Waals surface area (Å²) in [5.74, 6) is 0.500. The molecule has 1 aromatic rings. The predicted molar refractivity (Wildman–Crippen MR) is 89.3 cm³/mol. The number of rotatable bonds is 6. The molecule has 2 fully saturated rings. The molecule has 1 aliphatic carbocycles. The molecule has 0 unspecified atom stereocenters. The zero-order valence-electron chi connectivity index (χ0n) is 13.5. The zero-order valence-corrected chi connectivity index (χ0v) is 14.3. The molecule has 1 heterocycles. The molecule has 2 aliphatic rings. The highest BCUT2D eigenvalue weighted by atomic mass is 35.5. The topological polar surface area (TPSA) is 38.8 Å². The van der Waals surface area contributed by atoms with Gasteiger partial charge in [-0.3, -0.25) is 4.79 Å². The van der Waals surface area contributed by atoms with Crippen molar-refractivity contribution in [2.75, 3.05) is 19.6 Å². The Kier molecular flexibility index (Phi) is 5.57. The molecule has 1 aromatic carbocycles. The van der Waals surface area contributed by atoms with E-state index in [1.165, 1.54) is 0 Å². The molecule has 23 heavy (non-hydrogen) atoms. The quantitative estimate of drug-likeness (QED) is 0.749. The summed E-state index contributed by atoms with van der Waals surface area (Å²) in [5, 5.41) is 0. The Hall–Kier alpha value is -1.10. The summed E-state index contributed by atoms with van der Waals surface area (Å²) in [5.41, 5.74) is 2.26. The first-order chi connectivity index (χ1) is 11.2. The number of amides is 1. The minimum atomic E-state index is 0.00732. The van der Waals surface area contributed by atoms with Crippen LogP contribution in [0.4, 0.5) is 0 Å². The number of carbonyl (C=O) groups excluding carboxylic acids is 1. The van der Waals surface area contributed by atoms with E-state index in [1.54, 1.807) is 7.11 Å². The molecule has 1 saturated carbocycles. The second-order valence-electron chi connectivity index (χ2n) is 6.38. The summed E-state index contributed by atoms with van der Waals surface area (Å²) in [6.07, 6.45) is 3.48. The van der Waals surface area contributed by atoms with Gasteiger partial charge in [-0.1, -0.05) is 24.3 Å². The molecule has 4 nitrogen and oxygen atoms in total. The van der Waals surface area contributed by atoms with Crippen molar-refractivity contribution in [3.05, 3.63) is 35.4 Å². The van der Waals surface area contributed by atoms with Crippen LogP contribution in [0.2, 0.25) is 0 Å². The Bertz CT molecular complexity index is 551. The van der Waals surface area contributed by atoms with Crippen LogP contribution < -0.4 is 0 Å². The van der Waals surface area contributed by atoms with Gasteiger partial charge in [-0.25, -0.2) is 0 Å². The maximum atomic E-state index is 12.4. The number of nitrogens with zero attached hydrogens (tertiary/aromatic N) is 1. The van der Waals surface area contributed by atoms with Gasteiger partial charge in [0.25, 0.3) is 0 Å². The zero-order chi connectivity index (χ0) is 16.2. The molecule has 0 radical (unpaired) electrons. The molecule has 0 aromatic heterocycles. The fourth-order valence-corrected chi connectivity index (χ4v) is 3.93. The Morgan fingerprint density at radius 2 is 2.17 bits per heavy atom. The fraction of sp³-hybridized carbons (Fsp3) is 0.611. The highest BCUT2D eigenvalue weighted by Crippen LogP contribution is 2.41. The number of methoxy groups -OCH3 is 1. The van der Waals surface area contributed by atoms with E-state index in [2.05, 4.69) is 12.1 Å². The summed E-state index contributed by atoms with van der Waals surface area (Å²) in [4.78, 5) is 14.4. The minimum absolute atomic E-state index is 0.00732. The van der Waals surface area contributed by atoms with Crippen LogP contribution in [-0.4, -0.2) is 42.5 Å². The van der Waals surface area contributed by atoms with E-state index in [0.717, 1.165) is 37.0 Å². The minimum Gasteiger partial charge on any atom is -0.380 e. The van der Waals surface area contributed by atoms with Crippen molar-refractivity contribution in [3.63, 3.8) is 0 Å². The van der Waals surface area contributed by atoms with Crippen molar-refractivity contribution in [1.82, 2.24) is 4.90 Å². The number of hydrogen-bond acceptors (Lipinski definition) is 3. The highest BCUT2D eigenvalue weighted by Gasteiger charge is 2.47. The van der Waals surface area contributed by atoms with Gasteiger partial charge in [0.2, 0.25) is 5.91 Å². The van der Waals surface area contributed by atoms with Crippen molar-refractivity contribution in [3.8, 4) is 0 Å². The second-order valence-corrected chi connectivity index (χ2v) is 6.64. The van der Waals surface area contributed by atoms with E-state index >= 15 is 0 Å². The Morgan fingerprint density at radius 1 is 1.39 bits per heavy atom. The monoisotopic (exact) mass is 337 g/mol. The molecule has 1 amide bonds. The molecule has 5 heteroatoms. The van der Waals surface area contributed by atoms with Crippen molar-refractivity contribution in [2.45, 2.75) is 44.6 Å². The van der Waals surface area contributed by atoms with Crippen LogP contribution in [0.15, 0.2) is 24.3 Å². The van der Waals surface area contributed by atoms with Crippen LogP contribution >= 0.6 is 11.6 Å². The number of carbonyl (C=O) groups is 1. The first kappa shape index (κ1) is 16.7. The molecule has 3 atom stereocenters. The van der Waals surface area contributed by atoms with Crippen LogP contribution in [0, 0.1) is 5.92 Å². The molecule has 1 aliphatic heterocycles. The third-order valence-electron chi connectivity index (χ3n) is 5.05. The largest absolute Gasteiger partial charge is 0.380 e. The molecular formula is C18H24ClNO3. The van der Waals surface area contributed by atoms with Crippen LogP contribution in [0.1, 0.15) is 30.4 Å². The van der Waals surface area contributed by atoms with E-state index in [4.69, 9.17) is 21.1 Å². The smallest absolute Gasteiger partial charge is 0.238 e. The Labute approximate surface area is 142 Å². The van der Waals surface area contributed by atoms with Crippen molar-refractivity contribution in [2.24, 2.45) is 5.92 Å². The van der Waals surface area contributed by atoms with Crippen molar-refractivity contribution in [1.29, 1.82) is 0 Å². The van der Waals surface area contributed by atoms with Crippen LogP contribution in [-0.2, 0) is 27.4 Å². The lowest BCUT2D eigenvalue weighted by Gasteiger charge is -2.51. The maximum Gasteiger partial charge on any atom is 0.238 e. The summed E-state index contributed by atoms with van der Waals surface area (Å²) >= 11 is 5.87. The first-order valence-electron chi connectivity index (χ1n) is 8.27. The van der Waals surface area contributed by atoms with E-state index in [0.29, 0.717) is 25.2 Å². The van der Waals surface area contributed by atoms with E-state index in [1.807, 2.05) is 17.0 Å². The van der Waals surface area contributed by atoms with Crippen molar-refractivity contribution >= 4 is 17.5 Å². The first-order valence-corrected chi connectivity index (χ1v) is 8.80. The molecule has 3 rings (SSSR count). The number of benzene rings is 1. The van der Waals surface area contributed by atoms with Crippen LogP contribution in [0.5, 0.6) is 0 Å². The summed E-state index contributed by atoms with van der Waals surface area (Å²) in [7, 11) is 1.69. The lowest BCUT2D eigenvalue weighted by atomic mass is 9.71. The average Bonchev–Trinajstić information content (AvgIpc) is 2.56. The number of halogens is 1. The van der Waals surface area contributed by atoms with Gasteiger partial charge in [0.15, 0.2) is 0 Å². The summed E-state index contributed by atoms with van der Waals surface area (Å²) < 4.78 is 11.1. The van der Waals surface area contributed by atoms with Crippen LogP contribution in [0.25, 0.3) is 0 Å². The summed E-state index contributed by atoms with van der Waals surface area (Å²) in [6, 6.07) is 8.37. The van der Waals surface area contributed by atoms with Crippen LogP contribution in [0.3, 0.4) is 0 Å². The lowest BCUT2D eigenvalue weighted by Crippen LogP contribution is -2.59. The number of fused-ring (bicyclic) bond motifs is 1. The Morgan fingerprint density at radius 3 is 2.87 bits per heavy atom. The van der Waals surface area contributed by atoms with Crippen molar-refractivity contribution < 1.29 is 14.3 Å². The van der Waals surface area contributed by atoms with E-state index < -0.39 is 0 Å². The summed E-state index contributed by atoms with van der Waals surface area (Å²) in [6.45, 7) is 2.01. The fourth-order valence-electron chi connectivity index (χ4n) is 3.78. The van der Waals surface area contributed by atoms with Gasteiger partial charge in [-0.2, -0.15) is 0 Å². The van der Waals surface area contributed by atoms with Gasteiger partial charge in [-0.05, 0) is 30.4 Å². The third-order valence-corrected chi connectivity index (χ3v) is 5.28. The van der Waals surface area contributed by atoms with Gasteiger partial charge in [0.05, 0.1) is 12.7 Å². The SMILES string of the molecule is COCc1ccccc1CN(C(=O)CCl)[C@@H]1C[C@@H]2OCCC[C@@H]21. The highest BCUT2D eigenvalue weighted by molar-refractivity contribution is 6.27. The number of alkyl halides is 1. The third kappa shape index (κ3) is 3.54. The lowest BCUT2D eigenvalue weighted by molar-refractivity contribution is -0.157. The van der Waals surface area contributed by atoms with Gasteiger partial charge >= 0.3 is 0 Å². The molecule has 0 bridgehead atoms. The number of ether oxygens (including phenoxy) is 2. The van der Waals surface area contributed by atoms with Gasteiger partial charge in [0, 0.05) is 32.2 Å². The average molecular weight is 338 g/mol. The normalized spacial score (nSPS) is 26.3. The molecular weight excluding hydrogens is 314 g/mol. The molecule has 126 valence electrons. The Balaban J connectivity index is 1.76. The van der Waals surface area contributed by atoms with Gasteiger partial charge < -0.3 is 14.4 Å². The van der Waals surface area contributed by atoms with E-state index in [9.17, 15) is 4.79 Å². The van der Waals surface area contributed by atoms with E-state index in [-0.39, 0.29) is 17.8 Å². The van der Waals surface area contributed by atoms with Gasteiger partial charge in [-0.15, -0.1) is 11.6 Å². The molecule has 0 N–H and O–H groups in total. The number of hydrogen-bond donors (Lipinski definition) is 0. The standard InChI is InChI=1S/C18H24ClNO3/c1-22-12-14-6-3-2-5-13(14)11-20(18(21)10-19)16-9-17-15(16)7-4-8-23-17/h2-3,5-6,15-17H,4,7-12H2,1H3/t15-,16-,17+/m1/s1. The second kappa shape index (κ2) is 7.65. The predicted octanol–water partition coefficient (Wildman–Crippen LogP) is 2.97. The molecule has 1 saturated heterocycles. The van der Waals surface area contributed by atoms with Gasteiger partial charge in [0.1, 0.15) is 5.88 Å².